The number of morpholine rings is 1. The standard InChI is InChI=1S/C20H35N5O3S.HI/c1-4-21-19(23-17-20(2,3)25-11-13-28-14-12-25)22-10-15-29(26,27)24-16-18-8-6-5-7-9-18;/h5-9,24H,4,10-17H2,1-3H3,(H2,21,22,23);1H. The number of rotatable bonds is 10. The molecule has 0 bridgehead atoms. The Morgan fingerprint density at radius 3 is 2.47 bits per heavy atom. The van der Waals surface area contributed by atoms with E-state index in [0.717, 1.165) is 31.9 Å². The Bertz CT molecular complexity index is 738. The topological polar surface area (TPSA) is 95.1 Å². The van der Waals surface area contributed by atoms with Crippen molar-refractivity contribution in [2.75, 3.05) is 51.7 Å². The molecule has 2 rings (SSSR count). The number of guanidine groups is 1. The summed E-state index contributed by atoms with van der Waals surface area (Å²) in [6.07, 6.45) is 0. The van der Waals surface area contributed by atoms with Crippen LogP contribution in [-0.4, -0.2) is 76.5 Å². The van der Waals surface area contributed by atoms with E-state index in [-0.39, 0.29) is 41.8 Å². The van der Waals surface area contributed by atoms with Crippen molar-refractivity contribution in [2.24, 2.45) is 4.99 Å². The minimum Gasteiger partial charge on any atom is -0.379 e. The highest BCUT2D eigenvalue weighted by atomic mass is 127. The zero-order chi connectivity index (χ0) is 21.2. The summed E-state index contributed by atoms with van der Waals surface area (Å²) in [6.45, 7) is 11.5. The van der Waals surface area contributed by atoms with Gasteiger partial charge < -0.3 is 15.4 Å². The predicted molar refractivity (Wildman–Crippen MR) is 133 cm³/mol. The number of sulfonamides is 1. The second-order valence-electron chi connectivity index (χ2n) is 7.66. The highest BCUT2D eigenvalue weighted by Crippen LogP contribution is 2.16. The Balaban J connectivity index is 0.00000450. The molecule has 1 aliphatic rings. The molecule has 0 saturated carbocycles. The molecule has 0 atom stereocenters. The summed E-state index contributed by atoms with van der Waals surface area (Å²) >= 11 is 0. The van der Waals surface area contributed by atoms with E-state index in [0.29, 0.717) is 25.6 Å². The molecule has 0 unspecified atom stereocenters. The van der Waals surface area contributed by atoms with E-state index in [1.165, 1.54) is 0 Å². The van der Waals surface area contributed by atoms with E-state index in [4.69, 9.17) is 4.74 Å². The van der Waals surface area contributed by atoms with Gasteiger partial charge in [-0.05, 0) is 26.3 Å². The van der Waals surface area contributed by atoms with Gasteiger partial charge in [-0.1, -0.05) is 30.3 Å². The molecule has 172 valence electrons. The molecular weight excluding hydrogens is 517 g/mol. The molecule has 0 spiro atoms. The van der Waals surface area contributed by atoms with Crippen LogP contribution in [0.4, 0.5) is 0 Å². The number of hydrogen-bond donors (Lipinski definition) is 3. The highest BCUT2D eigenvalue weighted by molar-refractivity contribution is 14.0. The molecule has 1 saturated heterocycles. The van der Waals surface area contributed by atoms with Crippen molar-refractivity contribution < 1.29 is 13.2 Å². The van der Waals surface area contributed by atoms with Crippen molar-refractivity contribution in [2.45, 2.75) is 32.9 Å². The number of nitrogens with zero attached hydrogens (tertiary/aromatic N) is 2. The SMILES string of the molecule is CCNC(=NCC(C)(C)N1CCOCC1)NCCS(=O)(=O)NCc1ccccc1.I. The third kappa shape index (κ3) is 9.90. The molecule has 1 aromatic carbocycles. The summed E-state index contributed by atoms with van der Waals surface area (Å²) in [4.78, 5) is 7.05. The van der Waals surface area contributed by atoms with Crippen molar-refractivity contribution in [3.63, 3.8) is 0 Å². The third-order valence-corrected chi connectivity index (χ3v) is 6.16. The van der Waals surface area contributed by atoms with Gasteiger partial charge in [-0.2, -0.15) is 0 Å². The number of nitrogens with one attached hydrogen (secondary N) is 3. The van der Waals surface area contributed by atoms with Crippen molar-refractivity contribution in [1.82, 2.24) is 20.3 Å². The van der Waals surface area contributed by atoms with E-state index < -0.39 is 10.0 Å². The minimum absolute atomic E-state index is 0. The lowest BCUT2D eigenvalue weighted by atomic mass is 10.0. The fourth-order valence-electron chi connectivity index (χ4n) is 3.05. The molecule has 30 heavy (non-hydrogen) atoms. The smallest absolute Gasteiger partial charge is 0.213 e. The number of benzene rings is 1. The molecule has 0 aliphatic carbocycles. The molecule has 0 aromatic heterocycles. The molecule has 1 heterocycles. The molecule has 8 nitrogen and oxygen atoms in total. The molecule has 1 fully saturated rings. The van der Waals surface area contributed by atoms with Gasteiger partial charge in [-0.15, -0.1) is 24.0 Å². The minimum atomic E-state index is -3.37. The molecule has 0 radical (unpaired) electrons. The summed E-state index contributed by atoms with van der Waals surface area (Å²) in [5.74, 6) is 0.615. The van der Waals surface area contributed by atoms with Crippen molar-refractivity contribution >= 4 is 40.0 Å². The first-order valence-corrected chi connectivity index (χ1v) is 11.8. The zero-order valence-electron chi connectivity index (χ0n) is 18.2. The van der Waals surface area contributed by atoms with Crippen LogP contribution in [0.15, 0.2) is 35.3 Å². The van der Waals surface area contributed by atoms with Crippen LogP contribution >= 0.6 is 24.0 Å². The molecule has 1 aromatic rings. The summed E-state index contributed by atoms with van der Waals surface area (Å²) in [6, 6.07) is 9.48. The Kier molecular flexibility index (Phi) is 12.2. The maximum atomic E-state index is 12.2. The number of ether oxygens (including phenoxy) is 1. The number of hydrogen-bond acceptors (Lipinski definition) is 5. The van der Waals surface area contributed by atoms with Crippen LogP contribution in [0.25, 0.3) is 0 Å². The molecule has 10 heteroatoms. The largest absolute Gasteiger partial charge is 0.379 e. The van der Waals surface area contributed by atoms with Gasteiger partial charge in [0.05, 0.1) is 25.5 Å². The van der Waals surface area contributed by atoms with Gasteiger partial charge in [0.1, 0.15) is 0 Å². The zero-order valence-corrected chi connectivity index (χ0v) is 21.3. The fraction of sp³-hybridized carbons (Fsp3) is 0.650. The average Bonchev–Trinajstić information content (AvgIpc) is 2.72. The Hall–Kier alpha value is -0.950. The third-order valence-electron chi connectivity index (χ3n) is 4.84. The van der Waals surface area contributed by atoms with Crippen LogP contribution in [0.1, 0.15) is 26.3 Å². The first-order valence-electron chi connectivity index (χ1n) is 10.2. The maximum absolute atomic E-state index is 12.2. The van der Waals surface area contributed by atoms with E-state index in [9.17, 15) is 8.42 Å². The van der Waals surface area contributed by atoms with Crippen LogP contribution in [0.2, 0.25) is 0 Å². The predicted octanol–water partition coefficient (Wildman–Crippen LogP) is 1.39. The summed E-state index contributed by atoms with van der Waals surface area (Å²) in [7, 11) is -3.37. The molecule has 1 aliphatic heterocycles. The maximum Gasteiger partial charge on any atom is 0.213 e. The lowest BCUT2D eigenvalue weighted by molar-refractivity contribution is -0.00683. The average molecular weight is 554 g/mol. The van der Waals surface area contributed by atoms with Crippen LogP contribution in [0.5, 0.6) is 0 Å². The van der Waals surface area contributed by atoms with Gasteiger partial charge in [0, 0.05) is 38.3 Å². The quantitative estimate of drug-likeness (QED) is 0.231. The number of halogens is 1. The molecule has 0 amide bonds. The first-order chi connectivity index (χ1) is 13.8. The van der Waals surface area contributed by atoms with Crippen molar-refractivity contribution in [1.29, 1.82) is 0 Å². The van der Waals surface area contributed by atoms with Crippen LogP contribution in [-0.2, 0) is 21.3 Å². The second kappa shape index (κ2) is 13.5. The van der Waals surface area contributed by atoms with Gasteiger partial charge in [0.25, 0.3) is 0 Å². The van der Waals surface area contributed by atoms with Gasteiger partial charge in [0.2, 0.25) is 10.0 Å². The normalized spacial score (nSPS) is 16.0. The fourth-order valence-corrected chi connectivity index (χ4v) is 3.95. The summed E-state index contributed by atoms with van der Waals surface area (Å²) < 4.78 is 32.5. The lowest BCUT2D eigenvalue weighted by Crippen LogP contribution is -2.52. The molecular formula is C20H36IN5O3S. The van der Waals surface area contributed by atoms with Gasteiger partial charge in [-0.3, -0.25) is 9.89 Å². The van der Waals surface area contributed by atoms with Gasteiger partial charge in [-0.25, -0.2) is 13.1 Å². The van der Waals surface area contributed by atoms with E-state index in [1.807, 2.05) is 37.3 Å². The van der Waals surface area contributed by atoms with E-state index in [2.05, 4.69) is 39.1 Å². The monoisotopic (exact) mass is 553 g/mol. The van der Waals surface area contributed by atoms with Gasteiger partial charge in [0.15, 0.2) is 5.96 Å². The van der Waals surface area contributed by atoms with Gasteiger partial charge >= 0.3 is 0 Å². The van der Waals surface area contributed by atoms with Crippen LogP contribution < -0.4 is 15.4 Å². The Labute approximate surface area is 198 Å². The van der Waals surface area contributed by atoms with Crippen LogP contribution in [0.3, 0.4) is 0 Å². The summed E-state index contributed by atoms with van der Waals surface area (Å²) in [5.41, 5.74) is 0.847. The second-order valence-corrected chi connectivity index (χ2v) is 9.59. The highest BCUT2D eigenvalue weighted by Gasteiger charge is 2.28. The summed E-state index contributed by atoms with van der Waals surface area (Å²) in [5, 5.41) is 6.31. The lowest BCUT2D eigenvalue weighted by Gasteiger charge is -2.39. The number of aliphatic imine (C=N–C) groups is 1. The Morgan fingerprint density at radius 2 is 1.83 bits per heavy atom. The van der Waals surface area contributed by atoms with Crippen molar-refractivity contribution in [3.05, 3.63) is 35.9 Å². The van der Waals surface area contributed by atoms with Crippen LogP contribution in [0, 0.1) is 0 Å². The van der Waals surface area contributed by atoms with Crippen molar-refractivity contribution in [3.8, 4) is 0 Å². The van der Waals surface area contributed by atoms with E-state index >= 15 is 0 Å². The first kappa shape index (κ1) is 27.1. The molecule has 3 N–H and O–H groups in total. The van der Waals surface area contributed by atoms with E-state index in [1.54, 1.807) is 0 Å². The Morgan fingerprint density at radius 1 is 1.17 bits per heavy atom.